The van der Waals surface area contributed by atoms with Gasteiger partial charge in [-0.3, -0.25) is 0 Å². The summed E-state index contributed by atoms with van der Waals surface area (Å²) in [5, 5.41) is 3.37. The highest BCUT2D eigenvalue weighted by Gasteiger charge is 2.22. The predicted octanol–water partition coefficient (Wildman–Crippen LogP) is 3.21. The minimum Gasteiger partial charge on any atom is -0.490 e. The maximum absolute atomic E-state index is 6.16. The molecule has 0 aromatic heterocycles. The molecular weight excluding hydrogens is 210 g/mol. The van der Waals surface area contributed by atoms with Gasteiger partial charge in [0, 0.05) is 6.04 Å². The largest absolute Gasteiger partial charge is 0.490 e. The summed E-state index contributed by atoms with van der Waals surface area (Å²) in [6, 6.07) is 6.93. The third-order valence-electron chi connectivity index (χ3n) is 3.88. The van der Waals surface area contributed by atoms with Crippen molar-refractivity contribution in [1.29, 1.82) is 0 Å². The average molecular weight is 233 g/mol. The van der Waals surface area contributed by atoms with Gasteiger partial charge < -0.3 is 10.1 Å². The van der Waals surface area contributed by atoms with Gasteiger partial charge in [-0.05, 0) is 63.8 Å². The van der Waals surface area contributed by atoms with Crippen LogP contribution < -0.4 is 10.1 Å². The highest BCUT2D eigenvalue weighted by atomic mass is 16.5. The van der Waals surface area contributed by atoms with E-state index in [0.717, 1.165) is 12.2 Å². The lowest BCUT2D eigenvalue weighted by molar-refractivity contribution is 0.136. The number of ether oxygens (including phenoxy) is 1. The molecule has 2 rings (SSSR count). The molecule has 2 heteroatoms. The standard InChI is InChI=1S/C15H23NO/c1-11-6-4-9-15(12(11)2)17-14-8-5-7-13(10-14)16-3/h4,6,9,13-14,16H,5,7-8,10H2,1-3H3. The van der Waals surface area contributed by atoms with Crippen LogP contribution in [0.5, 0.6) is 5.75 Å². The number of hydrogen-bond donors (Lipinski definition) is 1. The van der Waals surface area contributed by atoms with Gasteiger partial charge in [-0.2, -0.15) is 0 Å². The van der Waals surface area contributed by atoms with Gasteiger partial charge in [-0.15, -0.1) is 0 Å². The van der Waals surface area contributed by atoms with E-state index in [1.54, 1.807) is 0 Å². The van der Waals surface area contributed by atoms with E-state index in [0.29, 0.717) is 12.1 Å². The summed E-state index contributed by atoms with van der Waals surface area (Å²) in [5.74, 6) is 1.06. The first kappa shape index (κ1) is 12.4. The summed E-state index contributed by atoms with van der Waals surface area (Å²) in [4.78, 5) is 0. The van der Waals surface area contributed by atoms with Crippen molar-refractivity contribution in [3.8, 4) is 5.75 Å². The first-order valence-electron chi connectivity index (χ1n) is 6.61. The smallest absolute Gasteiger partial charge is 0.122 e. The molecule has 1 aromatic carbocycles. The van der Waals surface area contributed by atoms with Crippen LogP contribution in [-0.4, -0.2) is 19.2 Å². The predicted molar refractivity (Wildman–Crippen MR) is 71.6 cm³/mol. The molecule has 1 saturated carbocycles. The fourth-order valence-corrected chi connectivity index (χ4v) is 2.55. The van der Waals surface area contributed by atoms with Crippen LogP contribution in [0.3, 0.4) is 0 Å². The summed E-state index contributed by atoms with van der Waals surface area (Å²) in [6.45, 7) is 4.28. The van der Waals surface area contributed by atoms with Crippen molar-refractivity contribution in [2.45, 2.75) is 51.7 Å². The van der Waals surface area contributed by atoms with E-state index < -0.39 is 0 Å². The molecule has 0 radical (unpaired) electrons. The first-order valence-corrected chi connectivity index (χ1v) is 6.61. The minimum absolute atomic E-state index is 0.377. The highest BCUT2D eigenvalue weighted by molar-refractivity contribution is 5.38. The first-order chi connectivity index (χ1) is 8.20. The van der Waals surface area contributed by atoms with Crippen molar-refractivity contribution in [1.82, 2.24) is 5.32 Å². The lowest BCUT2D eigenvalue weighted by atomic mass is 9.93. The Kier molecular flexibility index (Phi) is 4.06. The molecule has 2 nitrogen and oxygen atoms in total. The fourth-order valence-electron chi connectivity index (χ4n) is 2.55. The topological polar surface area (TPSA) is 21.3 Å². The molecule has 2 atom stereocenters. The Morgan fingerprint density at radius 1 is 1.24 bits per heavy atom. The molecule has 0 spiro atoms. The van der Waals surface area contributed by atoms with E-state index in [1.807, 2.05) is 7.05 Å². The molecule has 17 heavy (non-hydrogen) atoms. The van der Waals surface area contributed by atoms with Crippen LogP contribution in [0.2, 0.25) is 0 Å². The lowest BCUT2D eigenvalue weighted by Gasteiger charge is -2.30. The zero-order chi connectivity index (χ0) is 12.3. The van der Waals surface area contributed by atoms with E-state index in [9.17, 15) is 0 Å². The number of rotatable bonds is 3. The fraction of sp³-hybridized carbons (Fsp3) is 0.600. The van der Waals surface area contributed by atoms with Gasteiger partial charge in [0.15, 0.2) is 0 Å². The summed E-state index contributed by atoms with van der Waals surface area (Å²) in [7, 11) is 2.05. The molecule has 1 aromatic rings. The molecule has 1 aliphatic carbocycles. The second-order valence-corrected chi connectivity index (χ2v) is 5.09. The van der Waals surface area contributed by atoms with Gasteiger partial charge in [-0.25, -0.2) is 0 Å². The Morgan fingerprint density at radius 3 is 2.82 bits per heavy atom. The van der Waals surface area contributed by atoms with E-state index in [-0.39, 0.29) is 0 Å². The van der Waals surface area contributed by atoms with Crippen molar-refractivity contribution >= 4 is 0 Å². The summed E-state index contributed by atoms with van der Waals surface area (Å²) < 4.78 is 6.16. The maximum atomic E-state index is 6.16. The molecular formula is C15H23NO. The van der Waals surface area contributed by atoms with Gasteiger partial charge in [0.1, 0.15) is 11.9 Å². The molecule has 0 heterocycles. The molecule has 0 bridgehead atoms. The lowest BCUT2D eigenvalue weighted by Crippen LogP contribution is -2.36. The third kappa shape index (κ3) is 3.01. The molecule has 0 saturated heterocycles. The van der Waals surface area contributed by atoms with Gasteiger partial charge >= 0.3 is 0 Å². The highest BCUT2D eigenvalue weighted by Crippen LogP contribution is 2.27. The number of nitrogens with one attached hydrogen (secondary N) is 1. The van der Waals surface area contributed by atoms with Crippen molar-refractivity contribution in [3.05, 3.63) is 29.3 Å². The zero-order valence-corrected chi connectivity index (χ0v) is 11.1. The second kappa shape index (κ2) is 5.54. The van der Waals surface area contributed by atoms with Gasteiger partial charge in [0.2, 0.25) is 0 Å². The Labute approximate surface area is 104 Å². The molecule has 1 fully saturated rings. The van der Waals surface area contributed by atoms with Crippen LogP contribution in [-0.2, 0) is 0 Å². The van der Waals surface area contributed by atoms with Crippen molar-refractivity contribution in [3.63, 3.8) is 0 Å². The molecule has 2 unspecified atom stereocenters. The van der Waals surface area contributed by atoms with E-state index in [2.05, 4.69) is 37.4 Å². The molecule has 94 valence electrons. The zero-order valence-electron chi connectivity index (χ0n) is 11.1. The monoisotopic (exact) mass is 233 g/mol. The van der Waals surface area contributed by atoms with Crippen LogP contribution in [0.4, 0.5) is 0 Å². The Bertz CT molecular complexity index is 375. The Morgan fingerprint density at radius 2 is 2.06 bits per heavy atom. The van der Waals surface area contributed by atoms with Crippen molar-refractivity contribution in [2.24, 2.45) is 0 Å². The van der Waals surface area contributed by atoms with Crippen molar-refractivity contribution < 1.29 is 4.74 Å². The third-order valence-corrected chi connectivity index (χ3v) is 3.88. The summed E-state index contributed by atoms with van der Waals surface area (Å²) in [6.07, 6.45) is 5.24. The molecule has 0 amide bonds. The van der Waals surface area contributed by atoms with Crippen LogP contribution in [0, 0.1) is 13.8 Å². The van der Waals surface area contributed by atoms with Gasteiger partial charge in [0.05, 0.1) is 0 Å². The molecule has 0 aliphatic heterocycles. The van der Waals surface area contributed by atoms with Gasteiger partial charge in [-0.1, -0.05) is 12.1 Å². The SMILES string of the molecule is CNC1CCCC(Oc2cccc(C)c2C)C1. The Balaban J connectivity index is 2.02. The quantitative estimate of drug-likeness (QED) is 0.865. The number of benzene rings is 1. The van der Waals surface area contributed by atoms with Crippen LogP contribution in [0.15, 0.2) is 18.2 Å². The minimum atomic E-state index is 0.377. The summed E-state index contributed by atoms with van der Waals surface area (Å²) in [5.41, 5.74) is 2.59. The van der Waals surface area contributed by atoms with Crippen LogP contribution in [0.25, 0.3) is 0 Å². The van der Waals surface area contributed by atoms with E-state index >= 15 is 0 Å². The second-order valence-electron chi connectivity index (χ2n) is 5.09. The Hall–Kier alpha value is -1.02. The van der Waals surface area contributed by atoms with E-state index in [4.69, 9.17) is 4.74 Å². The number of aryl methyl sites for hydroxylation is 1. The van der Waals surface area contributed by atoms with Crippen LogP contribution in [0.1, 0.15) is 36.8 Å². The maximum Gasteiger partial charge on any atom is 0.122 e. The molecule has 1 N–H and O–H groups in total. The van der Waals surface area contributed by atoms with Crippen molar-refractivity contribution in [2.75, 3.05) is 7.05 Å². The average Bonchev–Trinajstić information content (AvgIpc) is 2.35. The molecule has 1 aliphatic rings. The van der Waals surface area contributed by atoms with E-state index in [1.165, 1.54) is 30.4 Å². The van der Waals surface area contributed by atoms with Gasteiger partial charge in [0.25, 0.3) is 0 Å². The van der Waals surface area contributed by atoms with Crippen LogP contribution >= 0.6 is 0 Å². The number of hydrogen-bond acceptors (Lipinski definition) is 2. The summed E-state index contributed by atoms with van der Waals surface area (Å²) >= 11 is 0. The normalized spacial score (nSPS) is 24.6.